The number of hydrogen-bond acceptors (Lipinski definition) is 4. The van der Waals surface area contributed by atoms with Gasteiger partial charge in [-0.3, -0.25) is 0 Å². The lowest BCUT2D eigenvalue weighted by molar-refractivity contribution is 0.211. The minimum Gasteiger partial charge on any atom is -0.399 e. The van der Waals surface area contributed by atoms with Crippen LogP contribution in [0.25, 0.3) is 0 Å². The zero-order valence-electron chi connectivity index (χ0n) is 7.16. The van der Waals surface area contributed by atoms with E-state index in [9.17, 15) is 0 Å². The van der Waals surface area contributed by atoms with Gasteiger partial charge < -0.3 is 15.9 Å². The Morgan fingerprint density at radius 1 is 1.58 bits per heavy atom. The molecule has 6 heteroatoms. The fraction of sp³-hybridized carbons (Fsp3) is 0.833. The van der Waals surface area contributed by atoms with E-state index in [2.05, 4.69) is 15.3 Å². The van der Waals surface area contributed by atoms with Crippen LogP contribution in [0.4, 0.5) is 0 Å². The molecule has 0 aromatic heterocycles. The molecule has 0 aromatic carbocycles. The predicted molar refractivity (Wildman–Crippen MR) is 54.4 cm³/mol. The normalized spacial score (nSPS) is 30.8. The molecule has 0 aromatic rings. The summed E-state index contributed by atoms with van der Waals surface area (Å²) in [5.41, 5.74) is 6.40. The summed E-state index contributed by atoms with van der Waals surface area (Å²) in [7, 11) is 1.53. The van der Waals surface area contributed by atoms with Crippen LogP contribution in [0.2, 0.25) is 0 Å². The Bertz CT molecular complexity index is 161. The van der Waals surface area contributed by atoms with E-state index >= 15 is 0 Å². The first kappa shape index (κ1) is 14.5. The Morgan fingerprint density at radius 2 is 2.17 bits per heavy atom. The van der Waals surface area contributed by atoms with Gasteiger partial charge in [0.15, 0.2) is 0 Å². The minimum absolute atomic E-state index is 0. The predicted octanol–water partition coefficient (Wildman–Crippen LogP) is 0.153. The Labute approximate surface area is 84.7 Å². The first-order valence-electron chi connectivity index (χ1n) is 3.27. The van der Waals surface area contributed by atoms with Crippen molar-refractivity contribution >= 4 is 30.5 Å². The third kappa shape index (κ3) is 3.15. The third-order valence-corrected chi connectivity index (χ3v) is 1.65. The molecule has 0 bridgehead atoms. The molecule has 1 rings (SSSR count). The third-order valence-electron chi connectivity index (χ3n) is 1.65. The van der Waals surface area contributed by atoms with Gasteiger partial charge in [0, 0.05) is 13.1 Å². The Kier molecular flexibility index (Phi) is 6.75. The summed E-state index contributed by atoms with van der Waals surface area (Å²) in [4.78, 5) is 4.63. The van der Waals surface area contributed by atoms with Crippen molar-refractivity contribution in [2.24, 2.45) is 10.9 Å². The highest BCUT2D eigenvalue weighted by Crippen LogP contribution is 2.06. The molecule has 4 nitrogen and oxygen atoms in total. The largest absolute Gasteiger partial charge is 0.399 e. The molecule has 0 aliphatic carbocycles. The Morgan fingerprint density at radius 3 is 2.50 bits per heavy atom. The number of nitrogens with one attached hydrogen (secondary N) is 1. The van der Waals surface area contributed by atoms with E-state index < -0.39 is 0 Å². The van der Waals surface area contributed by atoms with Gasteiger partial charge in [0.05, 0.1) is 11.3 Å². The maximum absolute atomic E-state index is 5.83. The highest BCUT2D eigenvalue weighted by atomic mass is 35.5. The van der Waals surface area contributed by atoms with Crippen molar-refractivity contribution in [2.45, 2.75) is 12.5 Å². The van der Waals surface area contributed by atoms with Crippen molar-refractivity contribution in [1.82, 2.24) is 5.32 Å². The quantitative estimate of drug-likeness (QED) is 0.613. The second-order valence-corrected chi connectivity index (χ2v) is 2.74. The van der Waals surface area contributed by atoms with Gasteiger partial charge in [-0.15, -0.1) is 24.8 Å². The van der Waals surface area contributed by atoms with Crippen molar-refractivity contribution < 1.29 is 4.84 Å². The summed E-state index contributed by atoms with van der Waals surface area (Å²) in [6.07, 6.45) is 0. The van der Waals surface area contributed by atoms with Crippen LogP contribution in [-0.2, 0) is 4.84 Å². The molecule has 0 radical (unpaired) electrons. The maximum atomic E-state index is 5.83. The SMILES string of the molecule is CON=C1CNCC1(C)N.Cl.Cl. The lowest BCUT2D eigenvalue weighted by Gasteiger charge is -2.15. The van der Waals surface area contributed by atoms with Crippen LogP contribution in [0.15, 0.2) is 5.16 Å². The zero-order valence-corrected chi connectivity index (χ0v) is 8.80. The van der Waals surface area contributed by atoms with E-state index in [-0.39, 0.29) is 30.4 Å². The average Bonchev–Trinajstić information content (AvgIpc) is 2.13. The van der Waals surface area contributed by atoms with Crippen molar-refractivity contribution in [3.05, 3.63) is 0 Å². The first-order chi connectivity index (χ1) is 4.67. The number of nitrogens with two attached hydrogens (primary N) is 1. The van der Waals surface area contributed by atoms with Gasteiger partial charge in [0.25, 0.3) is 0 Å². The van der Waals surface area contributed by atoms with Gasteiger partial charge in [-0.1, -0.05) is 5.16 Å². The zero-order chi connectivity index (χ0) is 7.61. The number of hydrogen-bond donors (Lipinski definition) is 2. The van der Waals surface area contributed by atoms with Crippen molar-refractivity contribution in [2.75, 3.05) is 20.2 Å². The molecule has 1 aliphatic rings. The molecule has 3 N–H and O–H groups in total. The van der Waals surface area contributed by atoms with Gasteiger partial charge in [0.1, 0.15) is 7.11 Å². The molecule has 1 aliphatic heterocycles. The summed E-state index contributed by atoms with van der Waals surface area (Å²) >= 11 is 0. The molecule has 0 amide bonds. The molecule has 74 valence electrons. The number of oxime groups is 1. The first-order valence-corrected chi connectivity index (χ1v) is 3.27. The van der Waals surface area contributed by atoms with Crippen molar-refractivity contribution in [3.63, 3.8) is 0 Å². The summed E-state index contributed by atoms with van der Waals surface area (Å²) < 4.78 is 0. The summed E-state index contributed by atoms with van der Waals surface area (Å²) in [6.45, 7) is 3.45. The summed E-state index contributed by atoms with van der Waals surface area (Å²) in [5, 5.41) is 6.92. The van der Waals surface area contributed by atoms with Crippen LogP contribution in [0.5, 0.6) is 0 Å². The van der Waals surface area contributed by atoms with Crippen LogP contribution < -0.4 is 11.1 Å². The van der Waals surface area contributed by atoms with Gasteiger partial charge in [-0.05, 0) is 6.92 Å². The second-order valence-electron chi connectivity index (χ2n) is 2.74. The van der Waals surface area contributed by atoms with E-state index in [4.69, 9.17) is 5.73 Å². The van der Waals surface area contributed by atoms with Crippen LogP contribution in [-0.4, -0.2) is 31.4 Å². The Balaban J connectivity index is 0. The molecule has 1 saturated heterocycles. The van der Waals surface area contributed by atoms with E-state index in [1.807, 2.05) is 6.92 Å². The van der Waals surface area contributed by atoms with Gasteiger partial charge in [0.2, 0.25) is 0 Å². The van der Waals surface area contributed by atoms with Crippen LogP contribution in [0, 0.1) is 0 Å². The fourth-order valence-corrected chi connectivity index (χ4v) is 0.991. The molecule has 1 unspecified atom stereocenters. The molecule has 12 heavy (non-hydrogen) atoms. The van der Waals surface area contributed by atoms with Gasteiger partial charge in [-0.25, -0.2) is 0 Å². The van der Waals surface area contributed by atoms with E-state index in [1.54, 1.807) is 0 Å². The Hall–Kier alpha value is -0.0300. The van der Waals surface area contributed by atoms with E-state index in [1.165, 1.54) is 7.11 Å². The topological polar surface area (TPSA) is 59.6 Å². The maximum Gasteiger partial charge on any atom is 0.106 e. The van der Waals surface area contributed by atoms with Crippen LogP contribution in [0.3, 0.4) is 0 Å². The van der Waals surface area contributed by atoms with E-state index in [0.29, 0.717) is 0 Å². The number of nitrogens with zero attached hydrogens (tertiary/aromatic N) is 1. The number of halogens is 2. The molecule has 0 spiro atoms. The van der Waals surface area contributed by atoms with Crippen LogP contribution in [0.1, 0.15) is 6.92 Å². The average molecular weight is 216 g/mol. The molecular weight excluding hydrogens is 201 g/mol. The van der Waals surface area contributed by atoms with Crippen LogP contribution >= 0.6 is 24.8 Å². The standard InChI is InChI=1S/C6H13N3O.2ClH/c1-6(7)4-8-3-5(6)9-10-2;;/h8H,3-4,7H2,1-2H3;2*1H. The van der Waals surface area contributed by atoms with Crippen molar-refractivity contribution in [1.29, 1.82) is 0 Å². The smallest absolute Gasteiger partial charge is 0.106 e. The molecular formula is C6H15Cl2N3O. The second kappa shape index (κ2) is 5.59. The summed E-state index contributed by atoms with van der Waals surface area (Å²) in [6, 6.07) is 0. The van der Waals surface area contributed by atoms with Gasteiger partial charge in [-0.2, -0.15) is 0 Å². The molecule has 0 saturated carbocycles. The molecule has 1 atom stereocenters. The number of rotatable bonds is 1. The van der Waals surface area contributed by atoms with Crippen molar-refractivity contribution in [3.8, 4) is 0 Å². The fourth-order valence-electron chi connectivity index (χ4n) is 0.991. The van der Waals surface area contributed by atoms with Gasteiger partial charge >= 0.3 is 0 Å². The highest BCUT2D eigenvalue weighted by Gasteiger charge is 2.31. The highest BCUT2D eigenvalue weighted by molar-refractivity contribution is 5.96. The monoisotopic (exact) mass is 215 g/mol. The van der Waals surface area contributed by atoms with E-state index in [0.717, 1.165) is 18.8 Å². The molecule has 1 heterocycles. The summed E-state index contributed by atoms with van der Waals surface area (Å²) in [5.74, 6) is 0. The molecule has 1 fully saturated rings. The lowest BCUT2D eigenvalue weighted by Crippen LogP contribution is -2.44. The lowest BCUT2D eigenvalue weighted by atomic mass is 10.0. The minimum atomic E-state index is -0.323.